The summed E-state index contributed by atoms with van der Waals surface area (Å²) >= 11 is 5.06. The van der Waals surface area contributed by atoms with Gasteiger partial charge in [0.05, 0.1) is 12.7 Å². The molecular weight excluding hydrogens is 318 g/mol. The lowest BCUT2D eigenvalue weighted by Crippen LogP contribution is -2.01. The zero-order valence-electron chi connectivity index (χ0n) is 9.28. The first kappa shape index (κ1) is 13.1. The largest absolute Gasteiger partial charge is 0.476 e. The van der Waals surface area contributed by atoms with Crippen LogP contribution in [0.2, 0.25) is 0 Å². The quantitative estimate of drug-likeness (QED) is 0.854. The first-order chi connectivity index (χ1) is 8.65. The van der Waals surface area contributed by atoms with Crippen LogP contribution in [-0.2, 0) is 6.54 Å². The standard InChI is InChI=1S/C11H10BrN3O2S/c12-8-1-3-9(4-2-8)18-6-5-15-7-10(11(16)17)13-14-15/h1-4,7H,5-6H2,(H,16,17). The van der Waals surface area contributed by atoms with Crippen LogP contribution in [0.15, 0.2) is 39.8 Å². The molecule has 0 fully saturated rings. The van der Waals surface area contributed by atoms with E-state index in [1.54, 1.807) is 11.8 Å². The Kier molecular flexibility index (Phi) is 4.38. The smallest absolute Gasteiger partial charge is 0.358 e. The van der Waals surface area contributed by atoms with Gasteiger partial charge in [-0.05, 0) is 24.3 Å². The van der Waals surface area contributed by atoms with Gasteiger partial charge in [-0.2, -0.15) is 0 Å². The van der Waals surface area contributed by atoms with Crippen LogP contribution in [0.5, 0.6) is 0 Å². The Morgan fingerprint density at radius 3 is 2.72 bits per heavy atom. The molecule has 0 radical (unpaired) electrons. The number of thioether (sulfide) groups is 1. The molecule has 0 bridgehead atoms. The van der Waals surface area contributed by atoms with E-state index in [-0.39, 0.29) is 5.69 Å². The monoisotopic (exact) mass is 327 g/mol. The molecule has 18 heavy (non-hydrogen) atoms. The Labute approximate surface area is 116 Å². The number of carboxylic acids is 1. The Bertz CT molecular complexity index is 541. The second kappa shape index (κ2) is 6.01. The molecule has 2 aromatic rings. The van der Waals surface area contributed by atoms with Crippen molar-refractivity contribution in [3.8, 4) is 0 Å². The van der Waals surface area contributed by atoms with Crippen LogP contribution < -0.4 is 0 Å². The first-order valence-electron chi connectivity index (χ1n) is 5.17. The Morgan fingerprint density at radius 2 is 2.11 bits per heavy atom. The molecular formula is C11H10BrN3O2S. The summed E-state index contributed by atoms with van der Waals surface area (Å²) in [6.07, 6.45) is 1.43. The zero-order chi connectivity index (χ0) is 13.0. The average molecular weight is 328 g/mol. The van der Waals surface area contributed by atoms with Crippen molar-refractivity contribution < 1.29 is 9.90 Å². The summed E-state index contributed by atoms with van der Waals surface area (Å²) in [5, 5.41) is 16.0. The van der Waals surface area contributed by atoms with Gasteiger partial charge in [0.2, 0.25) is 0 Å². The van der Waals surface area contributed by atoms with E-state index in [9.17, 15) is 4.79 Å². The van der Waals surface area contributed by atoms with Crippen LogP contribution in [0, 0.1) is 0 Å². The number of aromatic nitrogens is 3. The summed E-state index contributed by atoms with van der Waals surface area (Å²) in [4.78, 5) is 11.8. The summed E-state index contributed by atoms with van der Waals surface area (Å²) in [6, 6.07) is 8.03. The highest BCUT2D eigenvalue weighted by Crippen LogP contribution is 2.20. The SMILES string of the molecule is O=C(O)c1cn(CCSc2ccc(Br)cc2)nn1. The molecule has 2 rings (SSSR count). The normalized spacial score (nSPS) is 10.5. The van der Waals surface area contributed by atoms with Gasteiger partial charge in [0, 0.05) is 15.1 Å². The molecule has 0 aliphatic heterocycles. The van der Waals surface area contributed by atoms with Crippen LogP contribution in [0.25, 0.3) is 0 Å². The maximum atomic E-state index is 10.6. The van der Waals surface area contributed by atoms with Crippen LogP contribution >= 0.6 is 27.7 Å². The number of rotatable bonds is 5. The van der Waals surface area contributed by atoms with E-state index in [4.69, 9.17) is 5.11 Å². The van der Waals surface area contributed by atoms with Crippen molar-refractivity contribution in [2.75, 3.05) is 5.75 Å². The van der Waals surface area contributed by atoms with Crippen molar-refractivity contribution >= 4 is 33.7 Å². The van der Waals surface area contributed by atoms with Gasteiger partial charge in [-0.3, -0.25) is 4.68 Å². The number of halogens is 1. The third kappa shape index (κ3) is 3.58. The van der Waals surface area contributed by atoms with E-state index in [1.165, 1.54) is 10.9 Å². The Morgan fingerprint density at radius 1 is 1.39 bits per heavy atom. The highest BCUT2D eigenvalue weighted by atomic mass is 79.9. The van der Waals surface area contributed by atoms with Crippen LogP contribution in [0.4, 0.5) is 0 Å². The van der Waals surface area contributed by atoms with E-state index >= 15 is 0 Å². The van der Waals surface area contributed by atoms with Crippen molar-refractivity contribution in [2.24, 2.45) is 0 Å². The molecule has 94 valence electrons. The number of hydrogen-bond donors (Lipinski definition) is 1. The van der Waals surface area contributed by atoms with E-state index in [1.807, 2.05) is 24.3 Å². The van der Waals surface area contributed by atoms with Crippen molar-refractivity contribution in [1.29, 1.82) is 0 Å². The summed E-state index contributed by atoms with van der Waals surface area (Å²) in [7, 11) is 0. The van der Waals surface area contributed by atoms with Gasteiger partial charge < -0.3 is 5.11 Å². The van der Waals surface area contributed by atoms with Gasteiger partial charge in [-0.15, -0.1) is 16.9 Å². The summed E-state index contributed by atoms with van der Waals surface area (Å²) in [5.74, 6) is -0.244. The predicted molar refractivity (Wildman–Crippen MR) is 71.8 cm³/mol. The van der Waals surface area contributed by atoms with Crippen molar-refractivity contribution in [3.63, 3.8) is 0 Å². The topological polar surface area (TPSA) is 68.0 Å². The number of aryl methyl sites for hydroxylation is 1. The van der Waals surface area contributed by atoms with E-state index < -0.39 is 5.97 Å². The highest BCUT2D eigenvalue weighted by Gasteiger charge is 2.07. The van der Waals surface area contributed by atoms with Crippen molar-refractivity contribution in [1.82, 2.24) is 15.0 Å². The summed E-state index contributed by atoms with van der Waals surface area (Å²) in [5.41, 5.74) is -0.0244. The third-order valence-corrected chi connectivity index (χ3v) is 3.68. The molecule has 0 amide bonds. The molecule has 7 heteroatoms. The molecule has 0 aliphatic carbocycles. The molecule has 0 unspecified atom stereocenters. The predicted octanol–water partition coefficient (Wildman–Crippen LogP) is 2.53. The molecule has 0 spiro atoms. The Hall–Kier alpha value is -1.34. The van der Waals surface area contributed by atoms with E-state index in [2.05, 4.69) is 26.2 Å². The van der Waals surface area contributed by atoms with Crippen LogP contribution in [0.3, 0.4) is 0 Å². The minimum atomic E-state index is -1.05. The third-order valence-electron chi connectivity index (χ3n) is 2.16. The first-order valence-corrected chi connectivity index (χ1v) is 6.95. The minimum Gasteiger partial charge on any atom is -0.476 e. The molecule has 1 aromatic heterocycles. The van der Waals surface area contributed by atoms with Gasteiger partial charge in [0.25, 0.3) is 0 Å². The lowest BCUT2D eigenvalue weighted by Gasteiger charge is -2.01. The van der Waals surface area contributed by atoms with Gasteiger partial charge in [-0.1, -0.05) is 21.1 Å². The Balaban J connectivity index is 1.84. The molecule has 1 heterocycles. The molecule has 0 saturated heterocycles. The number of benzene rings is 1. The second-order valence-corrected chi connectivity index (χ2v) is 5.56. The van der Waals surface area contributed by atoms with Crippen molar-refractivity contribution in [2.45, 2.75) is 11.4 Å². The summed E-state index contributed by atoms with van der Waals surface area (Å²) < 4.78 is 2.59. The second-order valence-electron chi connectivity index (χ2n) is 3.47. The summed E-state index contributed by atoms with van der Waals surface area (Å²) in [6.45, 7) is 0.626. The molecule has 1 N–H and O–H groups in total. The number of hydrogen-bond acceptors (Lipinski definition) is 4. The van der Waals surface area contributed by atoms with Crippen LogP contribution in [0.1, 0.15) is 10.5 Å². The molecule has 1 aromatic carbocycles. The van der Waals surface area contributed by atoms with Gasteiger partial charge >= 0.3 is 5.97 Å². The van der Waals surface area contributed by atoms with Gasteiger partial charge in [0.1, 0.15) is 0 Å². The fraction of sp³-hybridized carbons (Fsp3) is 0.182. The molecule has 0 atom stereocenters. The zero-order valence-corrected chi connectivity index (χ0v) is 11.7. The van der Waals surface area contributed by atoms with E-state index in [0.717, 1.165) is 15.1 Å². The van der Waals surface area contributed by atoms with Crippen LogP contribution in [-0.4, -0.2) is 31.8 Å². The number of carbonyl (C=O) groups is 1. The number of carboxylic acid groups (broad SMARTS) is 1. The molecule has 0 aliphatic rings. The van der Waals surface area contributed by atoms with E-state index in [0.29, 0.717) is 6.54 Å². The lowest BCUT2D eigenvalue weighted by molar-refractivity contribution is 0.0690. The van der Waals surface area contributed by atoms with Crippen molar-refractivity contribution in [3.05, 3.63) is 40.6 Å². The number of aromatic carboxylic acids is 1. The maximum absolute atomic E-state index is 10.6. The maximum Gasteiger partial charge on any atom is 0.358 e. The fourth-order valence-corrected chi connectivity index (χ4v) is 2.40. The fourth-order valence-electron chi connectivity index (χ4n) is 1.29. The van der Waals surface area contributed by atoms with Gasteiger partial charge in [-0.25, -0.2) is 4.79 Å². The molecule has 5 nitrogen and oxygen atoms in total. The van der Waals surface area contributed by atoms with Gasteiger partial charge in [0.15, 0.2) is 5.69 Å². The average Bonchev–Trinajstić information content (AvgIpc) is 2.81. The minimum absolute atomic E-state index is 0.0244. The molecule has 0 saturated carbocycles. The lowest BCUT2D eigenvalue weighted by atomic mass is 10.4. The number of nitrogens with zero attached hydrogens (tertiary/aromatic N) is 3. The highest BCUT2D eigenvalue weighted by molar-refractivity contribution is 9.10.